The van der Waals surface area contributed by atoms with Crippen molar-refractivity contribution in [3.05, 3.63) is 16.9 Å². The molecule has 1 saturated carbocycles. The molecule has 3 heteroatoms. The molecule has 2 nitrogen and oxygen atoms in total. The zero-order valence-electron chi connectivity index (χ0n) is 5.82. The molecule has 0 amide bonds. The predicted octanol–water partition coefficient (Wildman–Crippen LogP) is 2.11. The van der Waals surface area contributed by atoms with E-state index in [0.29, 0.717) is 5.41 Å². The number of nitrogens with one attached hydrogen (secondary N) is 1. The number of halogens is 1. The van der Waals surface area contributed by atoms with E-state index >= 15 is 0 Å². The Bertz CT molecular complexity index is 250. The zero-order chi connectivity index (χ0) is 7.19. The fourth-order valence-electron chi connectivity index (χ4n) is 1.13. The molecule has 0 aromatic carbocycles. The van der Waals surface area contributed by atoms with Crippen LogP contribution >= 0.6 is 11.6 Å². The summed E-state index contributed by atoms with van der Waals surface area (Å²) >= 11 is 5.87. The summed E-state index contributed by atoms with van der Waals surface area (Å²) in [5.41, 5.74) is 1.42. The van der Waals surface area contributed by atoms with Gasteiger partial charge in [0, 0.05) is 5.41 Å². The third-order valence-corrected chi connectivity index (χ3v) is 2.48. The van der Waals surface area contributed by atoms with Gasteiger partial charge in [0.15, 0.2) is 0 Å². The molecule has 0 aliphatic heterocycles. The van der Waals surface area contributed by atoms with Crippen molar-refractivity contribution in [3.63, 3.8) is 0 Å². The monoisotopic (exact) mass is 156 g/mol. The van der Waals surface area contributed by atoms with Gasteiger partial charge in [-0.15, -0.1) is 0 Å². The summed E-state index contributed by atoms with van der Waals surface area (Å²) in [5.74, 6) is 0. The Labute approximate surface area is 64.6 Å². The maximum Gasteiger partial charge on any atom is 0.0820 e. The van der Waals surface area contributed by atoms with Gasteiger partial charge in [-0.05, 0) is 12.8 Å². The quantitative estimate of drug-likeness (QED) is 0.663. The van der Waals surface area contributed by atoms with Crippen molar-refractivity contribution >= 4 is 11.6 Å². The maximum atomic E-state index is 5.87. The summed E-state index contributed by atoms with van der Waals surface area (Å²) in [6.07, 6.45) is 4.13. The van der Waals surface area contributed by atoms with Crippen LogP contribution in [0.4, 0.5) is 0 Å². The number of nitrogens with zero attached hydrogens (tertiary/aromatic N) is 1. The standard InChI is InChI=1S/C7H9ClN2/c1-7(2-3-7)6-5(8)4-9-10-6/h4H,2-3H2,1H3,(H,9,10). The summed E-state index contributed by atoms with van der Waals surface area (Å²) in [7, 11) is 0. The van der Waals surface area contributed by atoms with Crippen LogP contribution in [-0.2, 0) is 5.41 Å². The van der Waals surface area contributed by atoms with Crippen LogP contribution in [0.25, 0.3) is 0 Å². The van der Waals surface area contributed by atoms with E-state index in [2.05, 4.69) is 17.1 Å². The second-order valence-electron chi connectivity index (χ2n) is 3.15. The summed E-state index contributed by atoms with van der Waals surface area (Å²) in [4.78, 5) is 0. The highest BCUT2D eigenvalue weighted by molar-refractivity contribution is 6.31. The van der Waals surface area contributed by atoms with Crippen LogP contribution in [0.1, 0.15) is 25.5 Å². The van der Waals surface area contributed by atoms with Gasteiger partial charge >= 0.3 is 0 Å². The minimum absolute atomic E-state index is 0.313. The first-order valence-electron chi connectivity index (χ1n) is 3.42. The number of aromatic amines is 1. The van der Waals surface area contributed by atoms with Gasteiger partial charge in [-0.2, -0.15) is 5.10 Å². The molecule has 0 spiro atoms. The molecular weight excluding hydrogens is 148 g/mol. The molecule has 0 atom stereocenters. The Morgan fingerprint density at radius 2 is 2.40 bits per heavy atom. The van der Waals surface area contributed by atoms with Crippen LogP contribution in [0.3, 0.4) is 0 Å². The fraction of sp³-hybridized carbons (Fsp3) is 0.571. The first kappa shape index (κ1) is 6.23. The van der Waals surface area contributed by atoms with Crippen LogP contribution in [-0.4, -0.2) is 10.2 Å². The average Bonchev–Trinajstić information content (AvgIpc) is 2.44. The summed E-state index contributed by atoms with van der Waals surface area (Å²) < 4.78 is 0. The van der Waals surface area contributed by atoms with Crippen molar-refractivity contribution in [2.24, 2.45) is 0 Å². The van der Waals surface area contributed by atoms with E-state index < -0.39 is 0 Å². The molecule has 1 aromatic rings. The lowest BCUT2D eigenvalue weighted by Gasteiger charge is -2.03. The van der Waals surface area contributed by atoms with Gasteiger partial charge in [0.05, 0.1) is 16.9 Å². The van der Waals surface area contributed by atoms with Crippen molar-refractivity contribution in [1.82, 2.24) is 10.2 Å². The predicted molar refractivity (Wildman–Crippen MR) is 40.2 cm³/mol. The highest BCUT2D eigenvalue weighted by atomic mass is 35.5. The van der Waals surface area contributed by atoms with Crippen molar-refractivity contribution in [2.75, 3.05) is 0 Å². The Kier molecular flexibility index (Phi) is 1.09. The lowest BCUT2D eigenvalue weighted by Crippen LogP contribution is -2.00. The minimum Gasteiger partial charge on any atom is -0.280 e. The first-order valence-corrected chi connectivity index (χ1v) is 3.79. The zero-order valence-corrected chi connectivity index (χ0v) is 6.57. The lowest BCUT2D eigenvalue weighted by atomic mass is 10.1. The fourth-order valence-corrected chi connectivity index (χ4v) is 1.45. The minimum atomic E-state index is 0.313. The molecule has 1 aromatic heterocycles. The van der Waals surface area contributed by atoms with Crippen LogP contribution in [0.5, 0.6) is 0 Å². The van der Waals surface area contributed by atoms with Crippen LogP contribution in [0.15, 0.2) is 6.20 Å². The van der Waals surface area contributed by atoms with E-state index in [1.807, 2.05) is 0 Å². The van der Waals surface area contributed by atoms with Crippen LogP contribution < -0.4 is 0 Å². The molecule has 0 bridgehead atoms. The third-order valence-electron chi connectivity index (χ3n) is 2.20. The second-order valence-corrected chi connectivity index (χ2v) is 3.56. The lowest BCUT2D eigenvalue weighted by molar-refractivity contribution is 0.742. The largest absolute Gasteiger partial charge is 0.280 e. The molecule has 0 unspecified atom stereocenters. The molecule has 1 N–H and O–H groups in total. The number of H-pyrrole nitrogens is 1. The van der Waals surface area contributed by atoms with Gasteiger partial charge in [0.2, 0.25) is 0 Å². The smallest absolute Gasteiger partial charge is 0.0820 e. The SMILES string of the molecule is CC1(c2[nH]ncc2Cl)CC1. The number of aromatic nitrogens is 2. The highest BCUT2D eigenvalue weighted by Gasteiger charge is 2.41. The van der Waals surface area contributed by atoms with Crippen LogP contribution in [0, 0.1) is 0 Å². The van der Waals surface area contributed by atoms with E-state index in [4.69, 9.17) is 11.6 Å². The highest BCUT2D eigenvalue weighted by Crippen LogP contribution is 2.48. The summed E-state index contributed by atoms with van der Waals surface area (Å²) in [6, 6.07) is 0. The Balaban J connectivity index is 2.42. The number of rotatable bonds is 1. The van der Waals surface area contributed by atoms with Gasteiger partial charge < -0.3 is 0 Å². The van der Waals surface area contributed by atoms with Crippen LogP contribution in [0.2, 0.25) is 5.02 Å². The Morgan fingerprint density at radius 1 is 1.70 bits per heavy atom. The molecule has 2 rings (SSSR count). The normalized spacial score (nSPS) is 21.0. The Hall–Kier alpha value is -0.500. The maximum absolute atomic E-state index is 5.87. The molecule has 0 radical (unpaired) electrons. The molecule has 1 heterocycles. The van der Waals surface area contributed by atoms with Gasteiger partial charge in [-0.3, -0.25) is 5.10 Å². The van der Waals surface area contributed by atoms with Gasteiger partial charge in [0.1, 0.15) is 0 Å². The Morgan fingerprint density at radius 3 is 2.80 bits per heavy atom. The molecule has 1 aliphatic rings. The van der Waals surface area contributed by atoms with Crippen molar-refractivity contribution in [3.8, 4) is 0 Å². The van der Waals surface area contributed by atoms with E-state index in [-0.39, 0.29) is 0 Å². The van der Waals surface area contributed by atoms with Gasteiger partial charge in [-0.1, -0.05) is 18.5 Å². The molecule has 10 heavy (non-hydrogen) atoms. The molecule has 0 saturated heterocycles. The third kappa shape index (κ3) is 0.754. The van der Waals surface area contributed by atoms with E-state index in [9.17, 15) is 0 Å². The van der Waals surface area contributed by atoms with E-state index in [1.54, 1.807) is 6.20 Å². The number of hydrogen-bond donors (Lipinski definition) is 1. The topological polar surface area (TPSA) is 28.7 Å². The van der Waals surface area contributed by atoms with Crippen molar-refractivity contribution < 1.29 is 0 Å². The second kappa shape index (κ2) is 1.76. The first-order chi connectivity index (χ1) is 4.72. The van der Waals surface area contributed by atoms with Crippen molar-refractivity contribution in [2.45, 2.75) is 25.2 Å². The van der Waals surface area contributed by atoms with Crippen molar-refractivity contribution in [1.29, 1.82) is 0 Å². The molecule has 1 aliphatic carbocycles. The summed E-state index contributed by atoms with van der Waals surface area (Å²) in [6.45, 7) is 2.20. The number of hydrogen-bond acceptors (Lipinski definition) is 1. The van der Waals surface area contributed by atoms with Gasteiger partial charge in [0.25, 0.3) is 0 Å². The van der Waals surface area contributed by atoms with E-state index in [1.165, 1.54) is 12.8 Å². The van der Waals surface area contributed by atoms with E-state index in [0.717, 1.165) is 10.7 Å². The molecule has 1 fully saturated rings. The molecule has 54 valence electrons. The molecular formula is C7H9ClN2. The summed E-state index contributed by atoms with van der Waals surface area (Å²) in [5, 5.41) is 7.57. The van der Waals surface area contributed by atoms with Gasteiger partial charge in [-0.25, -0.2) is 0 Å². The average molecular weight is 157 g/mol.